The average molecular weight is 169 g/mol. The molecule has 0 aliphatic heterocycles. The minimum atomic E-state index is -1.11. The van der Waals surface area contributed by atoms with Crippen molar-refractivity contribution in [2.45, 2.75) is 6.42 Å². The molecular formula is C6H7N3O3. The highest BCUT2D eigenvalue weighted by Crippen LogP contribution is 2.00. The normalized spacial score (nSPS) is 9.67. The molecule has 0 fully saturated rings. The number of hydrogen-bond donors (Lipinski definition) is 3. The molecule has 1 aromatic heterocycles. The van der Waals surface area contributed by atoms with Crippen molar-refractivity contribution >= 4 is 11.8 Å². The number of hydrogen-bond acceptors (Lipinski definition) is 4. The Labute approximate surface area is 67.1 Å². The lowest BCUT2D eigenvalue weighted by Gasteiger charge is -1.97. The minimum Gasteiger partial charge on any atom is -0.481 e. The first-order valence-electron chi connectivity index (χ1n) is 3.15. The van der Waals surface area contributed by atoms with E-state index in [0.717, 1.165) is 6.33 Å². The first kappa shape index (κ1) is 8.25. The molecule has 1 heterocycles. The summed E-state index contributed by atoms with van der Waals surface area (Å²) in [6.07, 6.45) is 0.720. The van der Waals surface area contributed by atoms with Crippen LogP contribution in [-0.2, 0) is 11.2 Å². The van der Waals surface area contributed by atoms with Crippen LogP contribution in [0.5, 0.6) is 0 Å². The maximum atomic E-state index is 10.9. The Balaban J connectivity index is 3.13. The summed E-state index contributed by atoms with van der Waals surface area (Å²) >= 11 is 0. The van der Waals surface area contributed by atoms with Gasteiger partial charge in [-0.25, -0.2) is 4.98 Å². The van der Waals surface area contributed by atoms with Gasteiger partial charge < -0.3 is 15.8 Å². The van der Waals surface area contributed by atoms with Crippen LogP contribution in [0.25, 0.3) is 0 Å². The molecule has 6 heteroatoms. The molecule has 0 aromatic carbocycles. The lowest BCUT2D eigenvalue weighted by atomic mass is 10.2. The van der Waals surface area contributed by atoms with Gasteiger partial charge in [-0.05, 0) is 0 Å². The third kappa shape index (κ3) is 1.60. The maximum Gasteiger partial charge on any atom is 0.308 e. The number of aromatic amines is 1. The van der Waals surface area contributed by atoms with Crippen LogP contribution in [0, 0.1) is 0 Å². The van der Waals surface area contributed by atoms with Crippen molar-refractivity contribution in [2.24, 2.45) is 0 Å². The number of nitrogens with two attached hydrogens (primary N) is 1. The fourth-order valence-electron chi connectivity index (χ4n) is 0.764. The number of aromatic nitrogens is 2. The van der Waals surface area contributed by atoms with Crippen molar-refractivity contribution in [1.29, 1.82) is 0 Å². The van der Waals surface area contributed by atoms with E-state index in [4.69, 9.17) is 10.8 Å². The van der Waals surface area contributed by atoms with E-state index in [0.29, 0.717) is 0 Å². The molecule has 4 N–H and O–H groups in total. The van der Waals surface area contributed by atoms with Crippen LogP contribution < -0.4 is 11.3 Å². The van der Waals surface area contributed by atoms with E-state index >= 15 is 0 Å². The number of nitrogens with zero attached hydrogens (tertiary/aromatic N) is 1. The molecule has 0 saturated heterocycles. The Kier molecular flexibility index (Phi) is 2.09. The standard InChI is InChI=1S/C6H7N3O3/c7-5-3(1-4(10)11)6(12)9-2-8-5/h2H,1H2,(H,10,11)(H3,7,8,9,12). The number of nitrogens with one attached hydrogen (secondary N) is 1. The molecule has 0 aliphatic rings. The van der Waals surface area contributed by atoms with Crippen LogP contribution in [0.1, 0.15) is 5.56 Å². The van der Waals surface area contributed by atoms with Crippen LogP contribution in [0.4, 0.5) is 5.82 Å². The molecule has 0 amide bonds. The number of carboxylic acid groups (broad SMARTS) is 1. The van der Waals surface area contributed by atoms with E-state index in [1.54, 1.807) is 0 Å². The number of carbonyl (C=O) groups is 1. The number of carboxylic acids is 1. The van der Waals surface area contributed by atoms with E-state index in [1.165, 1.54) is 0 Å². The number of rotatable bonds is 2. The Bertz CT molecular complexity index is 357. The molecule has 64 valence electrons. The zero-order chi connectivity index (χ0) is 9.14. The monoisotopic (exact) mass is 169 g/mol. The van der Waals surface area contributed by atoms with Gasteiger partial charge in [0.15, 0.2) is 0 Å². The molecule has 6 nitrogen and oxygen atoms in total. The quantitative estimate of drug-likeness (QED) is 0.525. The van der Waals surface area contributed by atoms with Crippen LogP contribution in [0.2, 0.25) is 0 Å². The number of aliphatic carboxylic acids is 1. The topological polar surface area (TPSA) is 109 Å². The molecule has 1 aromatic rings. The van der Waals surface area contributed by atoms with Crippen molar-refractivity contribution in [3.63, 3.8) is 0 Å². The van der Waals surface area contributed by atoms with Crippen LogP contribution >= 0.6 is 0 Å². The average Bonchev–Trinajstić information content (AvgIpc) is 1.97. The Hall–Kier alpha value is -1.85. The fourth-order valence-corrected chi connectivity index (χ4v) is 0.764. The van der Waals surface area contributed by atoms with E-state index in [9.17, 15) is 9.59 Å². The van der Waals surface area contributed by atoms with Crippen LogP contribution in [0.15, 0.2) is 11.1 Å². The molecule has 0 saturated carbocycles. The largest absolute Gasteiger partial charge is 0.481 e. The molecule has 0 radical (unpaired) electrons. The summed E-state index contributed by atoms with van der Waals surface area (Å²) in [4.78, 5) is 27.0. The van der Waals surface area contributed by atoms with E-state index in [-0.39, 0.29) is 11.4 Å². The van der Waals surface area contributed by atoms with Gasteiger partial charge in [0.1, 0.15) is 5.82 Å². The lowest BCUT2D eigenvalue weighted by molar-refractivity contribution is -0.136. The summed E-state index contributed by atoms with van der Waals surface area (Å²) in [6.45, 7) is 0. The zero-order valence-electron chi connectivity index (χ0n) is 6.07. The Morgan fingerprint density at radius 1 is 1.75 bits per heavy atom. The number of anilines is 1. The van der Waals surface area contributed by atoms with Gasteiger partial charge in [-0.1, -0.05) is 0 Å². The molecule has 0 spiro atoms. The number of H-pyrrole nitrogens is 1. The molecule has 0 bridgehead atoms. The third-order valence-electron chi connectivity index (χ3n) is 1.31. The summed E-state index contributed by atoms with van der Waals surface area (Å²) < 4.78 is 0. The molecule has 0 aliphatic carbocycles. The minimum absolute atomic E-state index is 0.00926. The van der Waals surface area contributed by atoms with E-state index < -0.39 is 17.9 Å². The predicted molar refractivity (Wildman–Crippen MR) is 40.6 cm³/mol. The van der Waals surface area contributed by atoms with E-state index in [1.807, 2.05) is 0 Å². The fraction of sp³-hybridized carbons (Fsp3) is 0.167. The molecule has 0 unspecified atom stereocenters. The predicted octanol–water partition coefficient (Wildman–Crippen LogP) is -1.02. The summed E-state index contributed by atoms with van der Waals surface area (Å²) in [6, 6.07) is 0. The van der Waals surface area contributed by atoms with Crippen molar-refractivity contribution in [3.8, 4) is 0 Å². The first-order chi connectivity index (χ1) is 5.61. The second-order valence-electron chi connectivity index (χ2n) is 2.17. The van der Waals surface area contributed by atoms with Gasteiger partial charge in [-0.15, -0.1) is 0 Å². The van der Waals surface area contributed by atoms with Crippen LogP contribution in [0.3, 0.4) is 0 Å². The highest BCUT2D eigenvalue weighted by Gasteiger charge is 2.09. The summed E-state index contributed by atoms with van der Waals surface area (Å²) in [5.74, 6) is -1.15. The van der Waals surface area contributed by atoms with Gasteiger partial charge in [0.05, 0.1) is 18.3 Å². The highest BCUT2D eigenvalue weighted by atomic mass is 16.4. The summed E-state index contributed by atoms with van der Waals surface area (Å²) in [7, 11) is 0. The van der Waals surface area contributed by atoms with Gasteiger partial charge in [-0.3, -0.25) is 9.59 Å². The van der Waals surface area contributed by atoms with Crippen molar-refractivity contribution in [1.82, 2.24) is 9.97 Å². The third-order valence-corrected chi connectivity index (χ3v) is 1.31. The summed E-state index contributed by atoms with van der Waals surface area (Å²) in [5.41, 5.74) is 4.76. The second-order valence-corrected chi connectivity index (χ2v) is 2.17. The Morgan fingerprint density at radius 3 is 2.92 bits per heavy atom. The summed E-state index contributed by atoms with van der Waals surface area (Å²) in [5, 5.41) is 8.38. The van der Waals surface area contributed by atoms with Crippen molar-refractivity contribution in [3.05, 3.63) is 22.2 Å². The van der Waals surface area contributed by atoms with Gasteiger partial charge in [-0.2, -0.15) is 0 Å². The SMILES string of the molecule is Nc1nc[nH]c(=O)c1CC(=O)O. The Morgan fingerprint density at radius 2 is 2.42 bits per heavy atom. The van der Waals surface area contributed by atoms with Gasteiger partial charge in [0.25, 0.3) is 5.56 Å². The molecular weight excluding hydrogens is 162 g/mol. The van der Waals surface area contributed by atoms with Gasteiger partial charge in [0.2, 0.25) is 0 Å². The zero-order valence-corrected chi connectivity index (χ0v) is 6.07. The van der Waals surface area contributed by atoms with Crippen molar-refractivity contribution in [2.75, 3.05) is 5.73 Å². The molecule has 1 rings (SSSR count). The first-order valence-corrected chi connectivity index (χ1v) is 3.15. The maximum absolute atomic E-state index is 10.9. The number of nitrogen functional groups attached to an aromatic ring is 1. The van der Waals surface area contributed by atoms with Gasteiger partial charge in [0, 0.05) is 0 Å². The van der Waals surface area contributed by atoms with Gasteiger partial charge >= 0.3 is 5.97 Å². The van der Waals surface area contributed by atoms with E-state index in [2.05, 4.69) is 9.97 Å². The van der Waals surface area contributed by atoms with Crippen LogP contribution in [-0.4, -0.2) is 21.0 Å². The second kappa shape index (κ2) is 3.04. The highest BCUT2D eigenvalue weighted by molar-refractivity contribution is 5.71. The molecule has 12 heavy (non-hydrogen) atoms. The molecule has 0 atom stereocenters. The lowest BCUT2D eigenvalue weighted by Crippen LogP contribution is -2.19. The van der Waals surface area contributed by atoms with Crippen molar-refractivity contribution < 1.29 is 9.90 Å². The smallest absolute Gasteiger partial charge is 0.308 e.